The van der Waals surface area contributed by atoms with Crippen LogP contribution in [0.15, 0.2) is 24.3 Å². The van der Waals surface area contributed by atoms with E-state index in [9.17, 15) is 14.3 Å². The molecule has 2 N–H and O–H groups in total. The molecule has 1 fully saturated rings. The van der Waals surface area contributed by atoms with Crippen LogP contribution in [0.4, 0.5) is 4.39 Å². The first-order valence-corrected chi connectivity index (χ1v) is 9.14. The van der Waals surface area contributed by atoms with Crippen molar-refractivity contribution in [2.45, 2.75) is 38.7 Å². The number of aliphatic hydroxyl groups is 1. The first-order chi connectivity index (χ1) is 12.2. The molecule has 3 rings (SSSR count). The fourth-order valence-electron chi connectivity index (χ4n) is 3.52. The summed E-state index contributed by atoms with van der Waals surface area (Å²) >= 11 is 6.06. The highest BCUT2D eigenvalue weighted by molar-refractivity contribution is 6.33. The van der Waals surface area contributed by atoms with Gasteiger partial charge in [-0.2, -0.15) is 5.10 Å². The number of aromatic amines is 1. The van der Waals surface area contributed by atoms with Crippen LogP contribution in [0.5, 0.6) is 0 Å². The Morgan fingerprint density at radius 2 is 2.12 bits per heavy atom. The number of nitrogens with one attached hydrogen (secondary N) is 1. The van der Waals surface area contributed by atoms with E-state index in [1.165, 1.54) is 18.2 Å². The molecule has 0 atom stereocenters. The molecule has 1 aromatic carbocycles. The van der Waals surface area contributed by atoms with Crippen molar-refractivity contribution in [3.63, 3.8) is 0 Å². The lowest BCUT2D eigenvalue weighted by atomic mass is 9.86. The Kier molecular flexibility index (Phi) is 5.34. The van der Waals surface area contributed by atoms with Gasteiger partial charge in [-0.3, -0.25) is 9.89 Å². The molecule has 2 aromatic rings. The van der Waals surface area contributed by atoms with Crippen LogP contribution in [0.2, 0.25) is 5.02 Å². The third kappa shape index (κ3) is 4.24. The molecule has 1 aromatic heterocycles. The number of rotatable bonds is 4. The predicted molar refractivity (Wildman–Crippen MR) is 98.5 cm³/mol. The zero-order valence-corrected chi connectivity index (χ0v) is 15.7. The van der Waals surface area contributed by atoms with Crippen LogP contribution in [0.25, 0.3) is 11.3 Å². The van der Waals surface area contributed by atoms with Crippen LogP contribution in [-0.2, 0) is 0 Å². The van der Waals surface area contributed by atoms with Gasteiger partial charge in [-0.05, 0) is 57.2 Å². The highest BCUT2D eigenvalue weighted by atomic mass is 35.5. The molecule has 1 aliphatic heterocycles. The summed E-state index contributed by atoms with van der Waals surface area (Å²) in [6, 6.07) is 5.96. The normalized spacial score (nSPS) is 16.1. The van der Waals surface area contributed by atoms with E-state index in [-0.39, 0.29) is 16.5 Å². The molecular weight excluding hydrogens is 357 g/mol. The number of piperidine rings is 1. The Labute approximate surface area is 157 Å². The number of halogens is 2. The summed E-state index contributed by atoms with van der Waals surface area (Å²) in [5, 5.41) is 17.0. The van der Waals surface area contributed by atoms with E-state index < -0.39 is 11.4 Å². The van der Waals surface area contributed by atoms with E-state index in [0.29, 0.717) is 30.4 Å². The van der Waals surface area contributed by atoms with Gasteiger partial charge in [0.15, 0.2) is 0 Å². The second-order valence-electron chi connectivity index (χ2n) is 7.52. The third-order valence-electron chi connectivity index (χ3n) is 4.72. The largest absolute Gasteiger partial charge is 0.390 e. The van der Waals surface area contributed by atoms with E-state index in [1.807, 2.05) is 13.8 Å². The molecule has 1 saturated heterocycles. The smallest absolute Gasteiger partial charge is 0.271 e. The molecule has 7 heteroatoms. The molecule has 5 nitrogen and oxygen atoms in total. The van der Waals surface area contributed by atoms with Crippen LogP contribution in [0.1, 0.15) is 43.6 Å². The summed E-state index contributed by atoms with van der Waals surface area (Å²) in [5.41, 5.74) is 0.135. The fourth-order valence-corrected chi connectivity index (χ4v) is 3.78. The topological polar surface area (TPSA) is 69.2 Å². The number of aromatic nitrogens is 2. The van der Waals surface area contributed by atoms with Crippen molar-refractivity contribution in [3.05, 3.63) is 40.8 Å². The van der Waals surface area contributed by atoms with Gasteiger partial charge in [0.05, 0.1) is 21.9 Å². The maximum absolute atomic E-state index is 14.0. The number of carbonyl (C=O) groups excluding carboxylic acids is 1. The average molecular weight is 380 g/mol. The van der Waals surface area contributed by atoms with Gasteiger partial charge in [-0.1, -0.05) is 17.7 Å². The van der Waals surface area contributed by atoms with Gasteiger partial charge in [0.2, 0.25) is 0 Å². The maximum Gasteiger partial charge on any atom is 0.271 e. The molecule has 26 heavy (non-hydrogen) atoms. The Morgan fingerprint density at radius 1 is 1.42 bits per heavy atom. The van der Waals surface area contributed by atoms with Gasteiger partial charge < -0.3 is 10.0 Å². The fraction of sp³-hybridized carbons (Fsp3) is 0.474. The summed E-state index contributed by atoms with van der Waals surface area (Å²) in [7, 11) is 0. The number of likely N-dealkylation sites (tertiary alicyclic amines) is 1. The van der Waals surface area contributed by atoms with Crippen molar-refractivity contribution < 1.29 is 14.3 Å². The third-order valence-corrected chi connectivity index (χ3v) is 5.03. The molecule has 2 heterocycles. The van der Waals surface area contributed by atoms with Crippen LogP contribution in [0, 0.1) is 11.7 Å². The molecule has 1 amide bonds. The molecular formula is C19H23ClFN3O2. The van der Waals surface area contributed by atoms with Crippen molar-refractivity contribution in [2.24, 2.45) is 5.92 Å². The predicted octanol–water partition coefficient (Wildman–Crippen LogP) is 3.88. The maximum atomic E-state index is 14.0. The molecule has 0 spiro atoms. The van der Waals surface area contributed by atoms with E-state index in [0.717, 1.165) is 19.3 Å². The van der Waals surface area contributed by atoms with Gasteiger partial charge >= 0.3 is 0 Å². The van der Waals surface area contributed by atoms with E-state index in [2.05, 4.69) is 10.2 Å². The van der Waals surface area contributed by atoms with Crippen molar-refractivity contribution >= 4 is 17.5 Å². The van der Waals surface area contributed by atoms with Gasteiger partial charge in [0, 0.05) is 13.1 Å². The number of H-pyrrole nitrogens is 1. The standard InChI is InChI=1S/C19H23ClFN3O2/c1-19(2,26)11-12-6-8-24(9-7-12)18(25)16-10-15(22-23-16)17-13(20)4-3-5-14(17)21/h3-5,10,12,26H,6-9,11H2,1-2H3,(H,22,23). The number of nitrogens with zero attached hydrogens (tertiary/aromatic N) is 2. The SMILES string of the molecule is CC(C)(O)CC1CCN(C(=O)c2cc(-c3c(F)cccc3Cl)n[nH]2)CC1. The highest BCUT2D eigenvalue weighted by Gasteiger charge is 2.28. The summed E-state index contributed by atoms with van der Waals surface area (Å²) in [6.45, 7) is 4.89. The minimum Gasteiger partial charge on any atom is -0.390 e. The molecule has 0 unspecified atom stereocenters. The first-order valence-electron chi connectivity index (χ1n) is 8.76. The van der Waals surface area contributed by atoms with Crippen molar-refractivity contribution in [1.82, 2.24) is 15.1 Å². The lowest BCUT2D eigenvalue weighted by molar-refractivity contribution is 0.0357. The van der Waals surface area contributed by atoms with Crippen molar-refractivity contribution in [3.8, 4) is 11.3 Å². The Balaban J connectivity index is 1.68. The zero-order chi connectivity index (χ0) is 18.9. The molecule has 140 valence electrons. The quantitative estimate of drug-likeness (QED) is 0.846. The number of hydrogen-bond donors (Lipinski definition) is 2. The molecule has 0 radical (unpaired) electrons. The number of amides is 1. The molecule has 1 aliphatic rings. The van der Waals surface area contributed by atoms with Crippen LogP contribution >= 0.6 is 11.6 Å². The van der Waals surface area contributed by atoms with Gasteiger partial charge in [-0.15, -0.1) is 0 Å². The van der Waals surface area contributed by atoms with Crippen molar-refractivity contribution in [1.29, 1.82) is 0 Å². The number of hydrogen-bond acceptors (Lipinski definition) is 3. The Bertz CT molecular complexity index is 772. The number of carbonyl (C=O) groups is 1. The Hall–Kier alpha value is -1.92. The molecule has 0 saturated carbocycles. The zero-order valence-electron chi connectivity index (χ0n) is 14.9. The lowest BCUT2D eigenvalue weighted by Gasteiger charge is -2.34. The van der Waals surface area contributed by atoms with Crippen LogP contribution < -0.4 is 0 Å². The number of benzene rings is 1. The van der Waals surface area contributed by atoms with E-state index in [1.54, 1.807) is 11.0 Å². The summed E-state index contributed by atoms with van der Waals surface area (Å²) in [5.74, 6) is -0.220. The van der Waals surface area contributed by atoms with Gasteiger partial charge in [-0.25, -0.2) is 4.39 Å². The van der Waals surface area contributed by atoms with Gasteiger partial charge in [0.25, 0.3) is 5.91 Å². The summed E-state index contributed by atoms with van der Waals surface area (Å²) in [6.07, 6.45) is 2.45. The van der Waals surface area contributed by atoms with Gasteiger partial charge in [0.1, 0.15) is 11.5 Å². The minimum absolute atomic E-state index is 0.155. The van der Waals surface area contributed by atoms with Crippen LogP contribution in [-0.4, -0.2) is 44.8 Å². The summed E-state index contributed by atoms with van der Waals surface area (Å²) in [4.78, 5) is 14.4. The summed E-state index contributed by atoms with van der Waals surface area (Å²) < 4.78 is 14.0. The van der Waals surface area contributed by atoms with Crippen LogP contribution in [0.3, 0.4) is 0 Å². The monoisotopic (exact) mass is 379 g/mol. The van der Waals surface area contributed by atoms with E-state index >= 15 is 0 Å². The molecule has 0 bridgehead atoms. The molecule has 0 aliphatic carbocycles. The minimum atomic E-state index is -0.686. The lowest BCUT2D eigenvalue weighted by Crippen LogP contribution is -2.40. The highest BCUT2D eigenvalue weighted by Crippen LogP contribution is 2.30. The van der Waals surface area contributed by atoms with Crippen molar-refractivity contribution in [2.75, 3.05) is 13.1 Å². The first kappa shape index (κ1) is 18.9. The average Bonchev–Trinajstić information content (AvgIpc) is 3.03. The second kappa shape index (κ2) is 7.37. The second-order valence-corrected chi connectivity index (χ2v) is 7.92. The van der Waals surface area contributed by atoms with E-state index in [4.69, 9.17) is 11.6 Å². The Morgan fingerprint density at radius 3 is 2.73 bits per heavy atom.